The van der Waals surface area contributed by atoms with Crippen molar-refractivity contribution in [1.29, 1.82) is 0 Å². The summed E-state index contributed by atoms with van der Waals surface area (Å²) in [5.74, 6) is -0.925. The van der Waals surface area contributed by atoms with Crippen molar-refractivity contribution < 1.29 is 28.6 Å². The van der Waals surface area contributed by atoms with Gasteiger partial charge in [0.15, 0.2) is 6.10 Å². The molecule has 0 saturated heterocycles. The van der Waals surface area contributed by atoms with Crippen molar-refractivity contribution in [2.45, 2.75) is 284 Å². The van der Waals surface area contributed by atoms with E-state index in [1.165, 1.54) is 70.6 Å². The van der Waals surface area contributed by atoms with Crippen molar-refractivity contribution >= 4 is 17.9 Å². The van der Waals surface area contributed by atoms with Crippen molar-refractivity contribution in [2.24, 2.45) is 0 Å². The molecule has 0 aliphatic heterocycles. The van der Waals surface area contributed by atoms with Crippen LogP contribution in [0.15, 0.2) is 146 Å². The molecule has 0 spiro atoms. The molecule has 6 nitrogen and oxygen atoms in total. The molecule has 0 aromatic heterocycles. The molecule has 1 atom stereocenters. The van der Waals surface area contributed by atoms with Crippen LogP contribution in [-0.4, -0.2) is 37.2 Å². The number of ether oxygens (including phenoxy) is 3. The fraction of sp³-hybridized carbons (Fsp3) is 0.630. The largest absolute Gasteiger partial charge is 0.462 e. The van der Waals surface area contributed by atoms with Crippen molar-refractivity contribution in [1.82, 2.24) is 0 Å². The summed E-state index contributed by atoms with van der Waals surface area (Å²) in [7, 11) is 0. The molecule has 0 N–H and O–H groups in total. The Morgan fingerprint density at radius 3 is 0.709 bits per heavy atom. The van der Waals surface area contributed by atoms with Crippen LogP contribution in [0.2, 0.25) is 0 Å². The molecule has 0 bridgehead atoms. The van der Waals surface area contributed by atoms with Crippen LogP contribution in [0.3, 0.4) is 0 Å². The number of allylic oxidation sites excluding steroid dienone is 24. The van der Waals surface area contributed by atoms with Crippen LogP contribution in [0.4, 0.5) is 0 Å². The summed E-state index contributed by atoms with van der Waals surface area (Å²) in [6.45, 7) is 6.28. The predicted octanol–water partition coefficient (Wildman–Crippen LogP) is 22.3. The third-order valence-corrected chi connectivity index (χ3v) is 13.3. The number of carbonyl (C=O) groups is 3. The summed E-state index contributed by atoms with van der Waals surface area (Å²) in [5.41, 5.74) is 0. The lowest BCUT2D eigenvalue weighted by atomic mass is 10.1. The maximum Gasteiger partial charge on any atom is 0.306 e. The zero-order chi connectivity index (χ0) is 57.1. The van der Waals surface area contributed by atoms with E-state index in [0.29, 0.717) is 19.3 Å². The van der Waals surface area contributed by atoms with E-state index < -0.39 is 6.10 Å². The van der Waals surface area contributed by atoms with E-state index in [9.17, 15) is 14.4 Å². The highest BCUT2D eigenvalue weighted by atomic mass is 16.6. The van der Waals surface area contributed by atoms with Crippen LogP contribution >= 0.6 is 0 Å². The molecule has 0 aliphatic carbocycles. The van der Waals surface area contributed by atoms with E-state index in [4.69, 9.17) is 14.2 Å². The summed E-state index contributed by atoms with van der Waals surface area (Å²) in [6, 6.07) is 0. The summed E-state index contributed by atoms with van der Waals surface area (Å²) in [4.78, 5) is 38.4. The van der Waals surface area contributed by atoms with Crippen LogP contribution in [0.25, 0.3) is 0 Å². The Labute approximate surface area is 487 Å². The first kappa shape index (κ1) is 74.3. The van der Waals surface area contributed by atoms with Crippen molar-refractivity contribution in [3.63, 3.8) is 0 Å². The maximum atomic E-state index is 12.9. The van der Waals surface area contributed by atoms with Crippen LogP contribution in [0, 0.1) is 0 Å². The van der Waals surface area contributed by atoms with Gasteiger partial charge in [0.1, 0.15) is 13.2 Å². The lowest BCUT2D eigenvalue weighted by molar-refractivity contribution is -0.167. The Bertz CT molecular complexity index is 1730. The van der Waals surface area contributed by atoms with E-state index in [2.05, 4.69) is 167 Å². The normalized spacial score (nSPS) is 13.1. The topological polar surface area (TPSA) is 78.9 Å². The molecule has 0 saturated carbocycles. The first-order valence-corrected chi connectivity index (χ1v) is 32.3. The van der Waals surface area contributed by atoms with Crippen LogP contribution in [-0.2, 0) is 28.6 Å². The zero-order valence-corrected chi connectivity index (χ0v) is 51.1. The number of hydrogen-bond acceptors (Lipinski definition) is 6. The lowest BCUT2D eigenvalue weighted by Crippen LogP contribution is -2.30. The molecule has 0 rings (SSSR count). The molecule has 1 unspecified atom stereocenters. The van der Waals surface area contributed by atoms with E-state index in [-0.39, 0.29) is 31.1 Å². The molecule has 6 heteroatoms. The molecule has 0 aromatic rings. The average molecular weight is 1090 g/mol. The fourth-order valence-corrected chi connectivity index (χ4v) is 8.59. The second-order valence-electron chi connectivity index (χ2n) is 20.9. The van der Waals surface area contributed by atoms with E-state index in [1.807, 2.05) is 0 Å². The van der Waals surface area contributed by atoms with Gasteiger partial charge in [-0.05, 0) is 135 Å². The van der Waals surface area contributed by atoms with Crippen molar-refractivity contribution in [3.05, 3.63) is 146 Å². The highest BCUT2D eigenvalue weighted by Crippen LogP contribution is 2.15. The van der Waals surface area contributed by atoms with Crippen LogP contribution in [0.1, 0.15) is 278 Å². The standard InChI is InChI=1S/C73H118O6/c1-4-7-10-13-16-19-22-25-28-30-32-34-35-36-37-39-40-42-45-48-51-54-57-60-63-66-72(75)78-69-70(68-77-71(74)65-62-59-56-53-50-47-44-27-24-21-18-15-12-9-6-3)79-73(76)67-64-61-58-55-52-49-46-43-41-38-33-31-29-26-23-20-17-14-11-8-5-2/h7-12,16-21,25-29,32-34,36-38,44,70H,4-6,13-15,22-24,30-31,35,39-43,45-69H2,1-3H3/b10-7-,11-8-,12-9-,19-16-,20-17-,21-18-,28-25-,29-26-,34-32-,37-36-,38-33-,44-27-. The van der Waals surface area contributed by atoms with Gasteiger partial charge >= 0.3 is 17.9 Å². The summed E-state index contributed by atoms with van der Waals surface area (Å²) in [5, 5.41) is 0. The third kappa shape index (κ3) is 64.0. The SMILES string of the molecule is CC/C=C\C/C=C\C/C=C\C/C=C\C/C=C\CCCCCCCCCCCC(=O)OCC(COC(=O)CCCCCCC/C=C\C/C=C\C/C=C\CC)OC(=O)CCCCCCCCCC/C=C\C/C=C\C/C=C\C/C=C\CC. The van der Waals surface area contributed by atoms with Gasteiger partial charge < -0.3 is 14.2 Å². The minimum Gasteiger partial charge on any atom is -0.462 e. The smallest absolute Gasteiger partial charge is 0.306 e. The Hall–Kier alpha value is -4.71. The molecular formula is C73H118O6. The Balaban J connectivity index is 4.41. The van der Waals surface area contributed by atoms with Gasteiger partial charge in [-0.15, -0.1) is 0 Å². The van der Waals surface area contributed by atoms with Gasteiger partial charge in [0.2, 0.25) is 0 Å². The van der Waals surface area contributed by atoms with E-state index >= 15 is 0 Å². The number of unbranched alkanes of at least 4 members (excludes halogenated alkanes) is 22. The molecule has 0 radical (unpaired) electrons. The third-order valence-electron chi connectivity index (χ3n) is 13.3. The summed E-state index contributed by atoms with van der Waals surface area (Å²) >= 11 is 0. The summed E-state index contributed by atoms with van der Waals surface area (Å²) < 4.78 is 16.9. The second kappa shape index (κ2) is 65.8. The van der Waals surface area contributed by atoms with E-state index in [1.54, 1.807) is 0 Å². The molecule has 0 fully saturated rings. The van der Waals surface area contributed by atoms with Gasteiger partial charge in [0.25, 0.3) is 0 Å². The van der Waals surface area contributed by atoms with Gasteiger partial charge in [0, 0.05) is 19.3 Å². The van der Waals surface area contributed by atoms with E-state index in [0.717, 1.165) is 167 Å². The average Bonchev–Trinajstić information content (AvgIpc) is 3.45. The number of rotatable bonds is 57. The summed E-state index contributed by atoms with van der Waals surface area (Å²) in [6.07, 6.45) is 94.2. The Morgan fingerprint density at radius 1 is 0.253 bits per heavy atom. The first-order chi connectivity index (χ1) is 39.0. The highest BCUT2D eigenvalue weighted by Gasteiger charge is 2.19. The molecule has 446 valence electrons. The van der Waals surface area contributed by atoms with Crippen molar-refractivity contribution in [2.75, 3.05) is 13.2 Å². The Kier molecular flexibility index (Phi) is 61.9. The molecular weight excluding hydrogens is 973 g/mol. The first-order valence-electron chi connectivity index (χ1n) is 32.3. The lowest BCUT2D eigenvalue weighted by Gasteiger charge is -2.18. The number of esters is 3. The van der Waals surface area contributed by atoms with Gasteiger partial charge in [-0.3, -0.25) is 14.4 Å². The van der Waals surface area contributed by atoms with Crippen molar-refractivity contribution in [3.8, 4) is 0 Å². The van der Waals surface area contributed by atoms with Crippen LogP contribution < -0.4 is 0 Å². The van der Waals surface area contributed by atoms with Gasteiger partial charge in [-0.2, -0.15) is 0 Å². The quantitative estimate of drug-likeness (QED) is 0.0261. The zero-order valence-electron chi connectivity index (χ0n) is 51.1. The van der Waals surface area contributed by atoms with Gasteiger partial charge in [0.05, 0.1) is 0 Å². The van der Waals surface area contributed by atoms with Gasteiger partial charge in [-0.25, -0.2) is 0 Å². The predicted molar refractivity (Wildman–Crippen MR) is 343 cm³/mol. The molecule has 0 aliphatic rings. The minimum atomic E-state index is -0.800. The monoisotopic (exact) mass is 1090 g/mol. The number of carbonyl (C=O) groups excluding carboxylic acids is 3. The molecule has 0 aromatic carbocycles. The fourth-order valence-electron chi connectivity index (χ4n) is 8.59. The molecule has 79 heavy (non-hydrogen) atoms. The Morgan fingerprint density at radius 2 is 0.456 bits per heavy atom. The number of hydrogen-bond donors (Lipinski definition) is 0. The highest BCUT2D eigenvalue weighted by molar-refractivity contribution is 5.71. The minimum absolute atomic E-state index is 0.0950. The molecule has 0 amide bonds. The van der Waals surface area contributed by atoms with Gasteiger partial charge in [-0.1, -0.05) is 269 Å². The maximum absolute atomic E-state index is 12.9. The second-order valence-corrected chi connectivity index (χ2v) is 20.9. The molecule has 0 heterocycles. The van der Waals surface area contributed by atoms with Crippen LogP contribution in [0.5, 0.6) is 0 Å².